The van der Waals surface area contributed by atoms with E-state index in [4.69, 9.17) is 0 Å². The van der Waals surface area contributed by atoms with E-state index in [1.54, 1.807) is 12.1 Å². The first-order chi connectivity index (χ1) is 13.8. The number of azo groups is 1. The van der Waals surface area contributed by atoms with Crippen molar-refractivity contribution < 1.29 is 8.96 Å². The van der Waals surface area contributed by atoms with E-state index in [9.17, 15) is 4.39 Å². The molecule has 0 fully saturated rings. The number of benzene rings is 3. The molecule has 4 rings (SSSR count). The van der Waals surface area contributed by atoms with Gasteiger partial charge in [-0.25, -0.2) is 13.5 Å². The number of aromatic nitrogens is 2. The van der Waals surface area contributed by atoms with Gasteiger partial charge >= 0.3 is 5.95 Å². The lowest BCUT2D eigenvalue weighted by atomic mass is 10.2. The fourth-order valence-corrected chi connectivity index (χ4v) is 2.99. The van der Waals surface area contributed by atoms with Crippen molar-refractivity contribution in [1.29, 1.82) is 0 Å². The number of nitrogens with zero attached hydrogens (tertiary/aromatic N) is 4. The van der Waals surface area contributed by atoms with Crippen molar-refractivity contribution >= 4 is 11.6 Å². The van der Waals surface area contributed by atoms with Crippen molar-refractivity contribution in [3.8, 4) is 0 Å². The van der Waals surface area contributed by atoms with Crippen molar-refractivity contribution in [2.75, 3.05) is 0 Å². The summed E-state index contributed by atoms with van der Waals surface area (Å²) in [5, 5.41) is 8.80. The molecule has 0 amide bonds. The lowest BCUT2D eigenvalue weighted by Crippen LogP contribution is -2.32. The molecule has 0 aliphatic carbocycles. The second-order valence-corrected chi connectivity index (χ2v) is 6.50. The predicted octanol–water partition coefficient (Wildman–Crippen LogP) is 5.43. The van der Waals surface area contributed by atoms with E-state index in [0.717, 1.165) is 5.95 Å². The van der Waals surface area contributed by atoms with Crippen LogP contribution in [0.1, 0.15) is 11.1 Å². The van der Waals surface area contributed by atoms with Crippen LogP contribution >= 0.6 is 0 Å². The van der Waals surface area contributed by atoms with E-state index in [2.05, 4.69) is 43.6 Å². The molecular weight excluding hydrogens is 351 g/mol. The Morgan fingerprint density at radius 2 is 1.39 bits per heavy atom. The van der Waals surface area contributed by atoms with Crippen LogP contribution in [0.2, 0.25) is 0 Å². The van der Waals surface area contributed by atoms with Crippen molar-refractivity contribution in [1.82, 2.24) is 4.57 Å². The minimum atomic E-state index is -0.287. The number of halogens is 1. The minimum Gasteiger partial charge on any atom is -0.226 e. The van der Waals surface area contributed by atoms with Gasteiger partial charge in [0.05, 0.1) is 25.5 Å². The molecule has 4 aromatic rings. The quantitative estimate of drug-likeness (QED) is 0.320. The van der Waals surface area contributed by atoms with E-state index < -0.39 is 0 Å². The summed E-state index contributed by atoms with van der Waals surface area (Å²) in [6.07, 6.45) is 4.02. The molecule has 5 heteroatoms. The zero-order chi connectivity index (χ0) is 19.2. The van der Waals surface area contributed by atoms with Crippen molar-refractivity contribution in [3.63, 3.8) is 0 Å². The maximum atomic E-state index is 13.1. The van der Waals surface area contributed by atoms with Crippen LogP contribution in [-0.4, -0.2) is 4.57 Å². The summed E-state index contributed by atoms with van der Waals surface area (Å²) < 4.78 is 17.3. The molecule has 0 aliphatic heterocycles. The first-order valence-corrected chi connectivity index (χ1v) is 9.12. The largest absolute Gasteiger partial charge is 0.422 e. The SMILES string of the molecule is Fc1ccc(N=Nc2n(Cc3ccccc3)cc[n+]2Cc2ccccc2)cc1. The normalized spacial score (nSPS) is 11.2. The van der Waals surface area contributed by atoms with Gasteiger partial charge in [-0.05, 0) is 35.4 Å². The van der Waals surface area contributed by atoms with Crippen molar-refractivity contribution in [2.24, 2.45) is 10.2 Å². The molecule has 0 aliphatic rings. The highest BCUT2D eigenvalue weighted by Gasteiger charge is 2.18. The molecule has 1 aromatic heterocycles. The second-order valence-electron chi connectivity index (χ2n) is 6.50. The summed E-state index contributed by atoms with van der Waals surface area (Å²) >= 11 is 0. The van der Waals surface area contributed by atoms with E-state index in [0.29, 0.717) is 18.8 Å². The van der Waals surface area contributed by atoms with Gasteiger partial charge in [0.1, 0.15) is 11.5 Å². The Kier molecular flexibility index (Phi) is 5.33. The monoisotopic (exact) mass is 371 g/mol. The van der Waals surface area contributed by atoms with Crippen molar-refractivity contribution in [2.45, 2.75) is 13.1 Å². The molecule has 0 atom stereocenters. The van der Waals surface area contributed by atoms with Gasteiger partial charge in [0.15, 0.2) is 0 Å². The summed E-state index contributed by atoms with van der Waals surface area (Å²) in [6, 6.07) is 26.4. The van der Waals surface area contributed by atoms with Gasteiger partial charge in [-0.2, -0.15) is 0 Å². The molecule has 0 radical (unpaired) electrons. The van der Waals surface area contributed by atoms with Gasteiger partial charge in [0.2, 0.25) is 0 Å². The lowest BCUT2D eigenvalue weighted by Gasteiger charge is -2.02. The fourth-order valence-electron chi connectivity index (χ4n) is 2.99. The fraction of sp³-hybridized carbons (Fsp3) is 0.0870. The van der Waals surface area contributed by atoms with Crippen LogP contribution < -0.4 is 4.57 Å². The first-order valence-electron chi connectivity index (χ1n) is 9.12. The van der Waals surface area contributed by atoms with Crippen LogP contribution in [0.15, 0.2) is 108 Å². The Morgan fingerprint density at radius 3 is 2.07 bits per heavy atom. The third-order valence-corrected chi connectivity index (χ3v) is 4.41. The third-order valence-electron chi connectivity index (χ3n) is 4.41. The van der Waals surface area contributed by atoms with Gasteiger partial charge in [0.25, 0.3) is 0 Å². The van der Waals surface area contributed by atoms with Crippen LogP contribution in [0.4, 0.5) is 16.0 Å². The van der Waals surface area contributed by atoms with Crippen LogP contribution in [-0.2, 0) is 13.1 Å². The Hall–Kier alpha value is -3.60. The molecule has 0 saturated carbocycles. The molecule has 0 bridgehead atoms. The van der Waals surface area contributed by atoms with Crippen LogP contribution in [0.25, 0.3) is 0 Å². The average Bonchev–Trinajstić information content (AvgIpc) is 3.10. The third kappa shape index (κ3) is 4.38. The summed E-state index contributed by atoms with van der Waals surface area (Å²) in [7, 11) is 0. The minimum absolute atomic E-state index is 0.287. The Labute approximate surface area is 163 Å². The molecule has 0 N–H and O–H groups in total. The number of hydrogen-bond acceptors (Lipinski definition) is 2. The molecule has 0 spiro atoms. The molecule has 3 aromatic carbocycles. The zero-order valence-electron chi connectivity index (χ0n) is 15.3. The van der Waals surface area contributed by atoms with Crippen LogP contribution in [0.3, 0.4) is 0 Å². The van der Waals surface area contributed by atoms with E-state index in [-0.39, 0.29) is 5.82 Å². The number of rotatable bonds is 6. The van der Waals surface area contributed by atoms with E-state index in [1.165, 1.54) is 23.3 Å². The van der Waals surface area contributed by atoms with E-state index in [1.807, 2.05) is 48.8 Å². The smallest absolute Gasteiger partial charge is 0.226 e. The van der Waals surface area contributed by atoms with Gasteiger partial charge in [-0.15, -0.1) is 0 Å². The van der Waals surface area contributed by atoms with Gasteiger partial charge in [-0.3, -0.25) is 0 Å². The Morgan fingerprint density at radius 1 is 0.750 bits per heavy atom. The molecule has 138 valence electrons. The summed E-state index contributed by atoms with van der Waals surface area (Å²) in [5.41, 5.74) is 2.98. The van der Waals surface area contributed by atoms with Crippen molar-refractivity contribution in [3.05, 3.63) is 114 Å². The van der Waals surface area contributed by atoms with Crippen LogP contribution in [0, 0.1) is 5.82 Å². The van der Waals surface area contributed by atoms with E-state index >= 15 is 0 Å². The first kappa shape index (κ1) is 17.8. The van der Waals surface area contributed by atoms with Gasteiger partial charge in [0, 0.05) is 5.11 Å². The lowest BCUT2D eigenvalue weighted by molar-refractivity contribution is -0.674. The van der Waals surface area contributed by atoms with Gasteiger partial charge < -0.3 is 0 Å². The second kappa shape index (κ2) is 8.39. The maximum absolute atomic E-state index is 13.1. The highest BCUT2D eigenvalue weighted by molar-refractivity contribution is 5.36. The average molecular weight is 371 g/mol. The molecule has 4 nitrogen and oxygen atoms in total. The predicted molar refractivity (Wildman–Crippen MR) is 106 cm³/mol. The van der Waals surface area contributed by atoms with Crippen LogP contribution in [0.5, 0.6) is 0 Å². The maximum Gasteiger partial charge on any atom is 0.422 e. The standard InChI is InChI=1S/C23H20FN4/c24-21-11-13-22(14-12-21)25-26-23-27(17-19-7-3-1-4-8-19)15-16-28(23)18-20-9-5-2-6-10-20/h1-16H,17-18H2/q+1. The number of hydrogen-bond donors (Lipinski definition) is 0. The highest BCUT2D eigenvalue weighted by atomic mass is 19.1. The van der Waals surface area contributed by atoms with Gasteiger partial charge in [-0.1, -0.05) is 65.8 Å². The number of imidazole rings is 1. The Bertz CT molecular complexity index is 996. The summed E-state index contributed by atoms with van der Waals surface area (Å²) in [6.45, 7) is 1.39. The summed E-state index contributed by atoms with van der Waals surface area (Å²) in [5.74, 6) is 0.447. The molecular formula is C23H20FN4+. The molecule has 0 saturated heterocycles. The summed E-state index contributed by atoms with van der Waals surface area (Å²) in [4.78, 5) is 0. The highest BCUT2D eigenvalue weighted by Crippen LogP contribution is 2.18. The molecule has 1 heterocycles. The molecule has 0 unspecified atom stereocenters. The Balaban J connectivity index is 1.66. The molecule has 28 heavy (non-hydrogen) atoms. The topological polar surface area (TPSA) is 33.5 Å². The zero-order valence-corrected chi connectivity index (χ0v) is 15.3.